The molecule has 3 aromatic rings. The van der Waals surface area contributed by atoms with Gasteiger partial charge in [-0.3, -0.25) is 14.8 Å². The SMILES string of the molecule is O=C(NC1CC1)c1n[nH]c2ccc(-c3cc(CN4CCCC4)cc(F)c3F)cc12. The van der Waals surface area contributed by atoms with Gasteiger partial charge in [0.1, 0.15) is 0 Å². The molecule has 5 rings (SSSR count). The average molecular weight is 396 g/mol. The molecule has 0 unspecified atom stereocenters. The van der Waals surface area contributed by atoms with Gasteiger partial charge in [0.25, 0.3) is 5.91 Å². The maximum atomic E-state index is 14.7. The molecular formula is C22H22F2N4O. The number of amides is 1. The number of halogens is 2. The molecule has 1 saturated heterocycles. The lowest BCUT2D eigenvalue weighted by molar-refractivity contribution is 0.0947. The van der Waals surface area contributed by atoms with Crippen LogP contribution >= 0.6 is 0 Å². The van der Waals surface area contributed by atoms with Gasteiger partial charge in [-0.15, -0.1) is 0 Å². The van der Waals surface area contributed by atoms with Gasteiger partial charge in [-0.05, 0) is 74.2 Å². The Kier molecular flexibility index (Phi) is 4.54. The van der Waals surface area contributed by atoms with E-state index in [1.807, 2.05) is 0 Å². The molecule has 0 spiro atoms. The number of carbonyl (C=O) groups is 1. The van der Waals surface area contributed by atoms with Crippen LogP contribution in [-0.4, -0.2) is 40.1 Å². The van der Waals surface area contributed by atoms with Crippen molar-refractivity contribution in [1.29, 1.82) is 0 Å². The molecule has 1 amide bonds. The molecule has 0 atom stereocenters. The molecule has 1 aliphatic carbocycles. The second-order valence-corrected chi connectivity index (χ2v) is 8.00. The maximum Gasteiger partial charge on any atom is 0.272 e. The number of aromatic amines is 1. The molecule has 2 heterocycles. The number of likely N-dealkylation sites (tertiary alicyclic amines) is 1. The third-order valence-electron chi connectivity index (χ3n) is 5.69. The predicted octanol–water partition coefficient (Wildman–Crippen LogP) is 4.00. The summed E-state index contributed by atoms with van der Waals surface area (Å²) >= 11 is 0. The van der Waals surface area contributed by atoms with Gasteiger partial charge >= 0.3 is 0 Å². The average Bonchev–Trinajstić information content (AvgIpc) is 3.20. The number of carbonyl (C=O) groups excluding carboxylic acids is 1. The highest BCUT2D eigenvalue weighted by Gasteiger charge is 2.26. The summed E-state index contributed by atoms with van der Waals surface area (Å²) in [5, 5.41) is 10.5. The summed E-state index contributed by atoms with van der Waals surface area (Å²) < 4.78 is 29.0. The Morgan fingerprint density at radius 3 is 2.72 bits per heavy atom. The lowest BCUT2D eigenvalue weighted by Crippen LogP contribution is -2.25. The second-order valence-electron chi connectivity index (χ2n) is 8.00. The molecule has 29 heavy (non-hydrogen) atoms. The van der Waals surface area contributed by atoms with E-state index in [1.54, 1.807) is 24.3 Å². The highest BCUT2D eigenvalue weighted by atomic mass is 19.2. The van der Waals surface area contributed by atoms with Crippen LogP contribution in [0.5, 0.6) is 0 Å². The Balaban J connectivity index is 1.52. The number of fused-ring (bicyclic) bond motifs is 1. The molecule has 0 bridgehead atoms. The molecule has 2 aliphatic rings. The summed E-state index contributed by atoms with van der Waals surface area (Å²) in [4.78, 5) is 14.7. The van der Waals surface area contributed by atoms with Crippen molar-refractivity contribution in [2.45, 2.75) is 38.3 Å². The highest BCUT2D eigenvalue weighted by Crippen LogP contribution is 2.30. The number of rotatable bonds is 5. The Morgan fingerprint density at radius 1 is 1.17 bits per heavy atom. The summed E-state index contributed by atoms with van der Waals surface area (Å²) in [5.41, 5.74) is 2.45. The summed E-state index contributed by atoms with van der Waals surface area (Å²) in [6.07, 6.45) is 4.24. The number of hydrogen-bond acceptors (Lipinski definition) is 3. The molecule has 1 aromatic heterocycles. The van der Waals surface area contributed by atoms with Gasteiger partial charge in [0.15, 0.2) is 17.3 Å². The van der Waals surface area contributed by atoms with Crippen LogP contribution in [0.3, 0.4) is 0 Å². The number of nitrogens with zero attached hydrogens (tertiary/aromatic N) is 2. The molecule has 0 radical (unpaired) electrons. The number of aromatic nitrogens is 2. The predicted molar refractivity (Wildman–Crippen MR) is 106 cm³/mol. The van der Waals surface area contributed by atoms with Crippen LogP contribution in [0.4, 0.5) is 8.78 Å². The van der Waals surface area contributed by atoms with E-state index in [-0.39, 0.29) is 23.2 Å². The third kappa shape index (κ3) is 3.62. The largest absolute Gasteiger partial charge is 0.348 e. The quantitative estimate of drug-likeness (QED) is 0.685. The zero-order chi connectivity index (χ0) is 20.0. The first kappa shape index (κ1) is 18.2. The molecule has 2 fully saturated rings. The first-order valence-electron chi connectivity index (χ1n) is 10.1. The first-order chi connectivity index (χ1) is 14.1. The summed E-state index contributed by atoms with van der Waals surface area (Å²) in [5.74, 6) is -1.97. The fraction of sp³-hybridized carbons (Fsp3) is 0.364. The lowest BCUT2D eigenvalue weighted by atomic mass is 9.99. The minimum Gasteiger partial charge on any atom is -0.348 e. The van der Waals surface area contributed by atoms with Crippen molar-refractivity contribution >= 4 is 16.8 Å². The second kappa shape index (κ2) is 7.22. The third-order valence-corrected chi connectivity index (χ3v) is 5.69. The van der Waals surface area contributed by atoms with Crippen molar-refractivity contribution in [3.05, 3.63) is 53.2 Å². The van der Waals surface area contributed by atoms with Gasteiger partial charge in [-0.1, -0.05) is 6.07 Å². The Hall–Kier alpha value is -2.80. The number of hydrogen-bond donors (Lipinski definition) is 2. The molecule has 2 N–H and O–H groups in total. The number of nitrogens with one attached hydrogen (secondary N) is 2. The van der Waals surface area contributed by atoms with Crippen molar-refractivity contribution in [1.82, 2.24) is 20.4 Å². The van der Waals surface area contributed by atoms with E-state index in [4.69, 9.17) is 0 Å². The molecule has 1 aliphatic heterocycles. The van der Waals surface area contributed by atoms with E-state index in [9.17, 15) is 13.6 Å². The van der Waals surface area contributed by atoms with Crippen LogP contribution in [0.15, 0.2) is 30.3 Å². The van der Waals surface area contributed by atoms with E-state index in [0.717, 1.165) is 44.3 Å². The van der Waals surface area contributed by atoms with E-state index >= 15 is 0 Å². The summed E-state index contributed by atoms with van der Waals surface area (Å²) in [6.45, 7) is 2.57. The van der Waals surface area contributed by atoms with Gasteiger partial charge in [0.05, 0.1) is 5.52 Å². The molecule has 2 aromatic carbocycles. The maximum absolute atomic E-state index is 14.7. The van der Waals surface area contributed by atoms with Gasteiger partial charge in [-0.2, -0.15) is 5.10 Å². The lowest BCUT2D eigenvalue weighted by Gasteiger charge is -2.16. The smallest absolute Gasteiger partial charge is 0.272 e. The zero-order valence-corrected chi connectivity index (χ0v) is 16.0. The van der Waals surface area contributed by atoms with Gasteiger partial charge in [0.2, 0.25) is 0 Å². The topological polar surface area (TPSA) is 61.0 Å². The Morgan fingerprint density at radius 2 is 1.97 bits per heavy atom. The molecular weight excluding hydrogens is 374 g/mol. The Bertz CT molecular complexity index is 1080. The van der Waals surface area contributed by atoms with E-state index in [1.165, 1.54) is 6.07 Å². The van der Waals surface area contributed by atoms with Crippen LogP contribution in [0.1, 0.15) is 41.7 Å². The summed E-state index contributed by atoms with van der Waals surface area (Å²) in [7, 11) is 0. The van der Waals surface area contributed by atoms with Crippen LogP contribution in [-0.2, 0) is 6.54 Å². The minimum atomic E-state index is -0.873. The van der Waals surface area contributed by atoms with E-state index in [2.05, 4.69) is 20.4 Å². The molecule has 1 saturated carbocycles. The van der Waals surface area contributed by atoms with Crippen LogP contribution in [0.25, 0.3) is 22.0 Å². The van der Waals surface area contributed by atoms with Crippen molar-refractivity contribution < 1.29 is 13.6 Å². The fourth-order valence-electron chi connectivity index (χ4n) is 3.98. The summed E-state index contributed by atoms with van der Waals surface area (Å²) in [6, 6.07) is 8.38. The zero-order valence-electron chi connectivity index (χ0n) is 16.0. The monoisotopic (exact) mass is 396 g/mol. The minimum absolute atomic E-state index is 0.204. The molecule has 5 nitrogen and oxygen atoms in total. The number of benzene rings is 2. The highest BCUT2D eigenvalue weighted by molar-refractivity contribution is 6.05. The first-order valence-corrected chi connectivity index (χ1v) is 10.1. The van der Waals surface area contributed by atoms with Crippen molar-refractivity contribution in [2.24, 2.45) is 0 Å². The normalized spacial score (nSPS) is 17.2. The fourth-order valence-corrected chi connectivity index (χ4v) is 3.98. The van der Waals surface area contributed by atoms with Crippen molar-refractivity contribution in [2.75, 3.05) is 13.1 Å². The van der Waals surface area contributed by atoms with E-state index < -0.39 is 11.6 Å². The molecule has 7 heteroatoms. The van der Waals surface area contributed by atoms with Gasteiger partial charge in [-0.25, -0.2) is 8.78 Å². The van der Waals surface area contributed by atoms with Gasteiger partial charge in [0, 0.05) is 23.5 Å². The van der Waals surface area contributed by atoms with Crippen molar-refractivity contribution in [3.8, 4) is 11.1 Å². The van der Waals surface area contributed by atoms with Crippen molar-refractivity contribution in [3.63, 3.8) is 0 Å². The number of H-pyrrole nitrogens is 1. The van der Waals surface area contributed by atoms with Crippen LogP contribution in [0, 0.1) is 11.6 Å². The standard InChI is InChI=1S/C22H22F2N4O/c23-18-10-13(12-28-7-1-2-8-28)9-16(20(18)24)14-3-6-19-17(11-14)21(27-26-19)22(29)25-15-4-5-15/h3,6,9-11,15H,1-2,4-5,7-8,12H2,(H,25,29)(H,26,27). The van der Waals surface area contributed by atoms with Crippen LogP contribution in [0.2, 0.25) is 0 Å². The van der Waals surface area contributed by atoms with Gasteiger partial charge < -0.3 is 5.32 Å². The Labute approximate surface area is 167 Å². The van der Waals surface area contributed by atoms with Crippen LogP contribution < -0.4 is 5.32 Å². The molecule has 150 valence electrons. The van der Waals surface area contributed by atoms with E-state index in [0.29, 0.717) is 23.0 Å².